The molecule has 1 unspecified atom stereocenters. The van der Waals surface area contributed by atoms with Gasteiger partial charge in [-0.1, -0.05) is 0 Å². The number of aliphatic hydroxyl groups is 1. The largest absolute Gasteiger partial charge is 0.395 e. The van der Waals surface area contributed by atoms with Gasteiger partial charge in [0.2, 0.25) is 0 Å². The molecule has 1 fully saturated rings. The Bertz CT molecular complexity index is 475. The van der Waals surface area contributed by atoms with Crippen LogP contribution in [0, 0.1) is 11.3 Å². The van der Waals surface area contributed by atoms with Crippen LogP contribution in [0.25, 0.3) is 0 Å². The Labute approximate surface area is 114 Å². The number of nitriles is 1. The molecule has 0 spiro atoms. The van der Waals surface area contributed by atoms with E-state index in [0.29, 0.717) is 5.56 Å². The van der Waals surface area contributed by atoms with Crippen molar-refractivity contribution in [3.8, 4) is 6.07 Å². The molecule has 19 heavy (non-hydrogen) atoms. The second-order valence-electron chi connectivity index (χ2n) is 5.80. The summed E-state index contributed by atoms with van der Waals surface area (Å²) < 4.78 is 0. The Morgan fingerprint density at radius 3 is 2.53 bits per heavy atom. The van der Waals surface area contributed by atoms with Gasteiger partial charge in [-0.3, -0.25) is 4.90 Å². The number of anilines is 1. The molecule has 4 nitrogen and oxygen atoms in total. The molecule has 1 aromatic rings. The van der Waals surface area contributed by atoms with E-state index in [2.05, 4.69) is 36.8 Å². The van der Waals surface area contributed by atoms with Gasteiger partial charge in [0.05, 0.1) is 24.3 Å². The van der Waals surface area contributed by atoms with E-state index in [1.165, 1.54) is 0 Å². The Morgan fingerprint density at radius 2 is 2.00 bits per heavy atom. The second-order valence-corrected chi connectivity index (χ2v) is 5.80. The second kappa shape index (κ2) is 5.20. The van der Waals surface area contributed by atoms with Gasteiger partial charge in [-0.25, -0.2) is 0 Å². The molecule has 0 amide bonds. The van der Waals surface area contributed by atoms with Gasteiger partial charge in [-0.15, -0.1) is 0 Å². The van der Waals surface area contributed by atoms with Gasteiger partial charge in [-0.2, -0.15) is 5.26 Å². The Kier molecular flexibility index (Phi) is 3.79. The number of aliphatic hydroxyl groups excluding tert-OH is 1. The van der Waals surface area contributed by atoms with Gasteiger partial charge in [0.15, 0.2) is 0 Å². The molecular formula is C15H21N3O. The Balaban J connectivity index is 2.22. The molecule has 0 aliphatic carbocycles. The lowest BCUT2D eigenvalue weighted by molar-refractivity contribution is 0.0455. The summed E-state index contributed by atoms with van der Waals surface area (Å²) in [5.41, 5.74) is 1.80. The van der Waals surface area contributed by atoms with E-state index in [9.17, 15) is 5.11 Å². The summed E-state index contributed by atoms with van der Waals surface area (Å²) in [7, 11) is 2.07. The lowest BCUT2D eigenvalue weighted by Crippen LogP contribution is -2.63. The van der Waals surface area contributed by atoms with Crippen LogP contribution in [0.2, 0.25) is 0 Å². The fourth-order valence-corrected chi connectivity index (χ4v) is 2.64. The number of hydrogen-bond donors (Lipinski definition) is 1. The number of hydrogen-bond acceptors (Lipinski definition) is 4. The van der Waals surface area contributed by atoms with Crippen LogP contribution < -0.4 is 4.90 Å². The predicted octanol–water partition coefficient (Wildman–Crippen LogP) is 1.45. The highest BCUT2D eigenvalue weighted by atomic mass is 16.3. The molecule has 1 aliphatic heterocycles. The maximum absolute atomic E-state index is 9.53. The zero-order valence-electron chi connectivity index (χ0n) is 11.8. The highest BCUT2D eigenvalue weighted by Gasteiger charge is 2.37. The van der Waals surface area contributed by atoms with Crippen molar-refractivity contribution in [1.82, 2.24) is 4.90 Å². The van der Waals surface area contributed by atoms with Crippen molar-refractivity contribution >= 4 is 5.69 Å². The summed E-state index contributed by atoms with van der Waals surface area (Å²) in [5, 5.41) is 18.4. The van der Waals surface area contributed by atoms with E-state index in [1.807, 2.05) is 24.3 Å². The molecule has 1 aliphatic rings. The highest BCUT2D eigenvalue weighted by molar-refractivity contribution is 5.50. The molecule has 0 saturated carbocycles. The van der Waals surface area contributed by atoms with E-state index < -0.39 is 0 Å². The van der Waals surface area contributed by atoms with Crippen LogP contribution >= 0.6 is 0 Å². The molecule has 0 bridgehead atoms. The lowest BCUT2D eigenvalue weighted by Gasteiger charge is -2.50. The number of benzene rings is 1. The van der Waals surface area contributed by atoms with Gasteiger partial charge in [0.25, 0.3) is 0 Å². The number of nitrogens with zero attached hydrogens (tertiary/aromatic N) is 3. The fourth-order valence-electron chi connectivity index (χ4n) is 2.64. The molecule has 102 valence electrons. The van der Waals surface area contributed by atoms with Gasteiger partial charge in [-0.05, 0) is 45.2 Å². The molecule has 1 atom stereocenters. The standard InChI is InChI=1S/C15H21N3O/c1-15(2)11-18(9-14(10-19)17(15)3)13-6-4-12(8-16)5-7-13/h4-7,14,19H,9-11H2,1-3H3. The Morgan fingerprint density at radius 1 is 1.37 bits per heavy atom. The average molecular weight is 259 g/mol. The van der Waals surface area contributed by atoms with Crippen molar-refractivity contribution in [2.75, 3.05) is 31.6 Å². The summed E-state index contributed by atoms with van der Waals surface area (Å²) in [4.78, 5) is 4.52. The Hall–Kier alpha value is -1.57. The first-order valence-electron chi connectivity index (χ1n) is 6.57. The number of piperazine rings is 1. The maximum Gasteiger partial charge on any atom is 0.0991 e. The third-order valence-electron chi connectivity index (χ3n) is 4.08. The topological polar surface area (TPSA) is 50.5 Å². The number of rotatable bonds is 2. The van der Waals surface area contributed by atoms with E-state index in [-0.39, 0.29) is 18.2 Å². The molecule has 1 N–H and O–H groups in total. The third kappa shape index (κ3) is 2.73. The van der Waals surface area contributed by atoms with E-state index >= 15 is 0 Å². The predicted molar refractivity (Wildman–Crippen MR) is 76.1 cm³/mol. The third-order valence-corrected chi connectivity index (χ3v) is 4.08. The average Bonchev–Trinajstić information content (AvgIpc) is 2.41. The van der Waals surface area contributed by atoms with Crippen LogP contribution in [0.4, 0.5) is 5.69 Å². The molecule has 2 rings (SSSR count). The quantitative estimate of drug-likeness (QED) is 0.873. The highest BCUT2D eigenvalue weighted by Crippen LogP contribution is 2.27. The maximum atomic E-state index is 9.53. The minimum Gasteiger partial charge on any atom is -0.395 e. The minimum absolute atomic E-state index is 0.0134. The van der Waals surface area contributed by atoms with E-state index in [0.717, 1.165) is 18.8 Å². The molecule has 0 radical (unpaired) electrons. The summed E-state index contributed by atoms with van der Waals surface area (Å²) in [6, 6.07) is 9.92. The van der Waals surface area contributed by atoms with Crippen LogP contribution in [0.3, 0.4) is 0 Å². The van der Waals surface area contributed by atoms with E-state index in [1.54, 1.807) is 0 Å². The van der Waals surface area contributed by atoms with Gasteiger partial charge >= 0.3 is 0 Å². The van der Waals surface area contributed by atoms with Crippen molar-refractivity contribution in [2.45, 2.75) is 25.4 Å². The van der Waals surface area contributed by atoms with Crippen molar-refractivity contribution in [1.29, 1.82) is 5.26 Å². The summed E-state index contributed by atoms with van der Waals surface area (Å²) in [5.74, 6) is 0. The smallest absolute Gasteiger partial charge is 0.0991 e. The monoisotopic (exact) mass is 259 g/mol. The van der Waals surface area contributed by atoms with Crippen molar-refractivity contribution in [3.05, 3.63) is 29.8 Å². The zero-order chi connectivity index (χ0) is 14.0. The first-order valence-corrected chi connectivity index (χ1v) is 6.57. The van der Waals surface area contributed by atoms with Crippen molar-refractivity contribution < 1.29 is 5.11 Å². The van der Waals surface area contributed by atoms with Gasteiger partial charge in [0, 0.05) is 24.3 Å². The zero-order valence-corrected chi connectivity index (χ0v) is 11.8. The minimum atomic E-state index is 0.0134. The first kappa shape index (κ1) is 13.9. The summed E-state index contributed by atoms with van der Waals surface area (Å²) in [6.07, 6.45) is 0. The van der Waals surface area contributed by atoms with Crippen molar-refractivity contribution in [3.63, 3.8) is 0 Å². The molecule has 1 saturated heterocycles. The molecule has 0 aromatic heterocycles. The molecule has 1 heterocycles. The normalized spacial score (nSPS) is 23.1. The van der Waals surface area contributed by atoms with Crippen LogP contribution in [-0.4, -0.2) is 48.3 Å². The fraction of sp³-hybridized carbons (Fsp3) is 0.533. The first-order chi connectivity index (χ1) is 8.97. The van der Waals surface area contributed by atoms with Crippen LogP contribution in [0.15, 0.2) is 24.3 Å². The van der Waals surface area contributed by atoms with Gasteiger partial charge in [0.1, 0.15) is 0 Å². The van der Waals surface area contributed by atoms with Crippen LogP contribution in [0.1, 0.15) is 19.4 Å². The van der Waals surface area contributed by atoms with Crippen LogP contribution in [0.5, 0.6) is 0 Å². The van der Waals surface area contributed by atoms with Gasteiger partial charge < -0.3 is 10.0 Å². The molecule has 4 heteroatoms. The van der Waals surface area contributed by atoms with E-state index in [4.69, 9.17) is 5.26 Å². The molecule has 1 aromatic carbocycles. The summed E-state index contributed by atoms with van der Waals surface area (Å²) >= 11 is 0. The molecular weight excluding hydrogens is 238 g/mol. The summed E-state index contributed by atoms with van der Waals surface area (Å²) in [6.45, 7) is 6.25. The van der Waals surface area contributed by atoms with Crippen LogP contribution in [-0.2, 0) is 0 Å². The van der Waals surface area contributed by atoms with Crippen molar-refractivity contribution in [2.24, 2.45) is 0 Å². The lowest BCUT2D eigenvalue weighted by atomic mass is 9.95. The number of likely N-dealkylation sites (N-methyl/N-ethyl adjacent to an activating group) is 1. The SMILES string of the molecule is CN1C(CO)CN(c2ccc(C#N)cc2)CC1(C)C.